The van der Waals surface area contributed by atoms with E-state index in [-0.39, 0.29) is 6.42 Å². The van der Waals surface area contributed by atoms with E-state index in [0.717, 1.165) is 5.75 Å². The molecule has 0 amide bonds. The van der Waals surface area contributed by atoms with Gasteiger partial charge in [0.05, 0.1) is 39.5 Å². The van der Waals surface area contributed by atoms with E-state index in [1.807, 2.05) is 0 Å². The second-order valence-corrected chi connectivity index (χ2v) is 4.20. The Kier molecular flexibility index (Phi) is 12.5. The average Bonchev–Trinajstić information content (AvgIpc) is 2.25. The highest BCUT2D eigenvalue weighted by Gasteiger charge is 1.96. The van der Waals surface area contributed by atoms with Gasteiger partial charge >= 0.3 is 5.97 Å². The Bertz CT molecular complexity index is 165. The molecule has 0 aliphatic carbocycles. The van der Waals surface area contributed by atoms with Gasteiger partial charge in [-0.15, -0.1) is 0 Å². The number of ether oxygens (including phenoxy) is 3. The number of methoxy groups -OCH3 is 1. The zero-order valence-corrected chi connectivity index (χ0v) is 10.5. The van der Waals surface area contributed by atoms with Crippen molar-refractivity contribution in [1.82, 2.24) is 0 Å². The van der Waals surface area contributed by atoms with E-state index < -0.39 is 5.97 Å². The minimum Gasteiger partial charge on any atom is -0.481 e. The molecule has 0 atom stereocenters. The third-order valence-electron chi connectivity index (χ3n) is 1.64. The maximum absolute atomic E-state index is 10.2. The zero-order chi connectivity index (χ0) is 12.1. The molecule has 0 aromatic carbocycles. The van der Waals surface area contributed by atoms with Gasteiger partial charge in [-0.05, 0) is 0 Å². The van der Waals surface area contributed by atoms with Crippen LogP contribution < -0.4 is 0 Å². The van der Waals surface area contributed by atoms with Gasteiger partial charge in [0.15, 0.2) is 0 Å². The highest BCUT2D eigenvalue weighted by molar-refractivity contribution is 7.99. The Balaban J connectivity index is 2.90. The summed E-state index contributed by atoms with van der Waals surface area (Å²) in [6.07, 6.45) is 0.213. The monoisotopic (exact) mass is 252 g/mol. The van der Waals surface area contributed by atoms with Crippen molar-refractivity contribution < 1.29 is 24.1 Å². The van der Waals surface area contributed by atoms with Gasteiger partial charge < -0.3 is 19.3 Å². The smallest absolute Gasteiger partial charge is 0.304 e. The van der Waals surface area contributed by atoms with Gasteiger partial charge in [0.1, 0.15) is 0 Å². The van der Waals surface area contributed by atoms with E-state index in [0.29, 0.717) is 38.8 Å². The number of aliphatic carboxylic acids is 1. The molecule has 0 unspecified atom stereocenters. The molecule has 0 rings (SSSR count). The van der Waals surface area contributed by atoms with Crippen LogP contribution in [0.4, 0.5) is 0 Å². The molecule has 5 nitrogen and oxygen atoms in total. The normalized spacial score (nSPS) is 10.6. The van der Waals surface area contributed by atoms with E-state index in [4.69, 9.17) is 19.3 Å². The third-order valence-corrected chi connectivity index (χ3v) is 2.58. The molecule has 0 aromatic heterocycles. The molecular formula is C10H20O5S. The Hall–Kier alpha value is -0.300. The summed E-state index contributed by atoms with van der Waals surface area (Å²) in [5.74, 6) is 0.717. The first-order valence-electron chi connectivity index (χ1n) is 5.21. The summed E-state index contributed by atoms with van der Waals surface area (Å²) in [4.78, 5) is 10.2. The molecule has 0 aliphatic heterocycles. The second kappa shape index (κ2) is 12.8. The zero-order valence-electron chi connectivity index (χ0n) is 9.65. The molecule has 0 saturated heterocycles. The van der Waals surface area contributed by atoms with E-state index in [9.17, 15) is 4.79 Å². The second-order valence-electron chi connectivity index (χ2n) is 2.97. The van der Waals surface area contributed by atoms with Gasteiger partial charge in [0, 0.05) is 18.6 Å². The first-order chi connectivity index (χ1) is 7.77. The van der Waals surface area contributed by atoms with Crippen LogP contribution in [0.1, 0.15) is 6.42 Å². The lowest BCUT2D eigenvalue weighted by atomic mass is 10.5. The van der Waals surface area contributed by atoms with Gasteiger partial charge in [-0.1, -0.05) is 0 Å². The van der Waals surface area contributed by atoms with Crippen molar-refractivity contribution in [3.05, 3.63) is 0 Å². The summed E-state index contributed by atoms with van der Waals surface area (Å²) >= 11 is 1.59. The molecule has 0 aromatic rings. The van der Waals surface area contributed by atoms with Gasteiger partial charge in [-0.25, -0.2) is 0 Å². The lowest BCUT2D eigenvalue weighted by Crippen LogP contribution is -2.09. The Morgan fingerprint density at radius 2 is 1.69 bits per heavy atom. The van der Waals surface area contributed by atoms with Crippen molar-refractivity contribution in [2.75, 3.05) is 51.6 Å². The van der Waals surface area contributed by atoms with Crippen LogP contribution in [-0.4, -0.2) is 62.7 Å². The maximum Gasteiger partial charge on any atom is 0.304 e. The Morgan fingerprint density at radius 3 is 2.31 bits per heavy atom. The molecule has 0 fully saturated rings. The summed E-state index contributed by atoms with van der Waals surface area (Å²) in [6, 6.07) is 0. The predicted molar refractivity (Wildman–Crippen MR) is 63.1 cm³/mol. The standard InChI is InChI=1S/C10H20O5S/c1-13-3-4-14-5-6-15-7-9-16-8-2-10(11)12/h2-9H2,1H3,(H,11,12). The summed E-state index contributed by atoms with van der Waals surface area (Å²) < 4.78 is 15.3. The van der Waals surface area contributed by atoms with Crippen LogP contribution in [0.15, 0.2) is 0 Å². The first kappa shape index (κ1) is 15.7. The molecule has 1 N–H and O–H groups in total. The first-order valence-corrected chi connectivity index (χ1v) is 6.36. The van der Waals surface area contributed by atoms with E-state index in [1.54, 1.807) is 18.9 Å². The van der Waals surface area contributed by atoms with E-state index in [2.05, 4.69) is 0 Å². The minimum absolute atomic E-state index is 0.213. The molecule has 16 heavy (non-hydrogen) atoms. The summed E-state index contributed by atoms with van der Waals surface area (Å²) in [5.41, 5.74) is 0. The fraction of sp³-hybridized carbons (Fsp3) is 0.900. The van der Waals surface area contributed by atoms with Gasteiger partial charge in [-0.2, -0.15) is 11.8 Å². The number of carboxylic acid groups (broad SMARTS) is 1. The van der Waals surface area contributed by atoms with Crippen LogP contribution in [0, 0.1) is 0 Å². The van der Waals surface area contributed by atoms with E-state index in [1.165, 1.54) is 0 Å². The topological polar surface area (TPSA) is 65.0 Å². The van der Waals surface area contributed by atoms with Crippen molar-refractivity contribution >= 4 is 17.7 Å². The molecule has 96 valence electrons. The molecule has 0 saturated carbocycles. The van der Waals surface area contributed by atoms with Crippen LogP contribution in [-0.2, 0) is 19.0 Å². The lowest BCUT2D eigenvalue weighted by molar-refractivity contribution is -0.136. The molecule has 0 radical (unpaired) electrons. The fourth-order valence-electron chi connectivity index (χ4n) is 0.844. The van der Waals surface area contributed by atoms with Crippen molar-refractivity contribution in [2.24, 2.45) is 0 Å². The predicted octanol–water partition coefficient (Wildman–Crippen LogP) is 0.874. The maximum atomic E-state index is 10.2. The van der Waals surface area contributed by atoms with Gasteiger partial charge in [-0.3, -0.25) is 4.79 Å². The number of thioether (sulfide) groups is 1. The quantitative estimate of drug-likeness (QED) is 0.520. The molecule has 0 bridgehead atoms. The van der Waals surface area contributed by atoms with Crippen LogP contribution >= 0.6 is 11.8 Å². The Morgan fingerprint density at radius 1 is 1.06 bits per heavy atom. The minimum atomic E-state index is -0.750. The van der Waals surface area contributed by atoms with Crippen molar-refractivity contribution in [3.8, 4) is 0 Å². The fourth-order valence-corrected chi connectivity index (χ4v) is 1.60. The van der Waals surface area contributed by atoms with Crippen LogP contribution in [0.3, 0.4) is 0 Å². The summed E-state index contributed by atoms with van der Waals surface area (Å²) in [7, 11) is 1.63. The third kappa shape index (κ3) is 13.7. The van der Waals surface area contributed by atoms with Crippen molar-refractivity contribution in [3.63, 3.8) is 0 Å². The molecule has 6 heteroatoms. The van der Waals surface area contributed by atoms with Crippen LogP contribution in [0.25, 0.3) is 0 Å². The van der Waals surface area contributed by atoms with Gasteiger partial charge in [0.25, 0.3) is 0 Å². The molecular weight excluding hydrogens is 232 g/mol. The van der Waals surface area contributed by atoms with Crippen molar-refractivity contribution in [2.45, 2.75) is 6.42 Å². The summed E-state index contributed by atoms with van der Waals surface area (Å²) in [6.45, 7) is 2.97. The number of hydrogen-bond acceptors (Lipinski definition) is 5. The van der Waals surface area contributed by atoms with Crippen LogP contribution in [0.2, 0.25) is 0 Å². The molecule has 0 heterocycles. The number of rotatable bonds is 12. The van der Waals surface area contributed by atoms with Crippen molar-refractivity contribution in [1.29, 1.82) is 0 Å². The highest BCUT2D eigenvalue weighted by Crippen LogP contribution is 2.01. The lowest BCUT2D eigenvalue weighted by Gasteiger charge is -2.05. The molecule has 0 aliphatic rings. The number of carbonyl (C=O) groups is 1. The number of hydrogen-bond donors (Lipinski definition) is 1. The van der Waals surface area contributed by atoms with Gasteiger partial charge in [0.2, 0.25) is 0 Å². The largest absolute Gasteiger partial charge is 0.481 e. The Labute approximate surface area is 100 Å². The summed E-state index contributed by atoms with van der Waals surface area (Å²) in [5, 5.41) is 8.39. The highest BCUT2D eigenvalue weighted by atomic mass is 32.2. The van der Waals surface area contributed by atoms with Crippen LogP contribution in [0.5, 0.6) is 0 Å². The van der Waals surface area contributed by atoms with E-state index >= 15 is 0 Å². The number of carboxylic acids is 1. The SMILES string of the molecule is COCCOCCOCCSCCC(=O)O. The molecule has 0 spiro atoms. The average molecular weight is 252 g/mol.